The van der Waals surface area contributed by atoms with Crippen LogP contribution < -0.4 is 10.5 Å². The SMILES string of the molecule is CC(N)(CCCc1ccc(Sc2cccc(OCc3ccccc3)c2)cc1Cl)COP(=O)(O)O. The summed E-state index contributed by atoms with van der Waals surface area (Å²) in [5, 5.41) is 0.673. The quantitative estimate of drug-likeness (QED) is 0.243. The first kappa shape index (κ1) is 26.8. The van der Waals surface area contributed by atoms with Gasteiger partial charge >= 0.3 is 7.82 Å². The average Bonchev–Trinajstić information content (AvgIpc) is 2.78. The van der Waals surface area contributed by atoms with E-state index in [0.29, 0.717) is 30.9 Å². The van der Waals surface area contributed by atoms with E-state index in [4.69, 9.17) is 31.9 Å². The van der Waals surface area contributed by atoms with Crippen LogP contribution in [0.1, 0.15) is 30.9 Å². The summed E-state index contributed by atoms with van der Waals surface area (Å²) in [6.07, 6.45) is 1.95. The smallest absolute Gasteiger partial charge is 0.469 e. The summed E-state index contributed by atoms with van der Waals surface area (Å²) in [5.41, 5.74) is 7.37. The van der Waals surface area contributed by atoms with Crippen LogP contribution in [0, 0.1) is 0 Å². The first-order valence-corrected chi connectivity index (χ1v) is 13.5. The number of rotatable bonds is 12. The molecule has 34 heavy (non-hydrogen) atoms. The summed E-state index contributed by atoms with van der Waals surface area (Å²) in [5.74, 6) is 0.809. The lowest BCUT2D eigenvalue weighted by Gasteiger charge is -2.24. The topological polar surface area (TPSA) is 102 Å². The summed E-state index contributed by atoms with van der Waals surface area (Å²) >= 11 is 8.13. The molecule has 1 atom stereocenters. The van der Waals surface area contributed by atoms with Gasteiger partial charge in [-0.25, -0.2) is 4.57 Å². The van der Waals surface area contributed by atoms with Crippen LogP contribution in [0.25, 0.3) is 0 Å². The molecule has 3 aromatic rings. The van der Waals surface area contributed by atoms with Gasteiger partial charge in [-0.2, -0.15) is 0 Å². The number of hydrogen-bond donors (Lipinski definition) is 3. The maximum absolute atomic E-state index is 10.9. The lowest BCUT2D eigenvalue weighted by atomic mass is 9.95. The molecule has 9 heteroatoms. The molecule has 0 aromatic heterocycles. The van der Waals surface area contributed by atoms with Crippen molar-refractivity contribution in [2.75, 3.05) is 6.61 Å². The zero-order valence-corrected chi connectivity index (χ0v) is 21.4. The van der Waals surface area contributed by atoms with E-state index in [9.17, 15) is 4.57 Å². The zero-order chi connectivity index (χ0) is 24.6. The van der Waals surface area contributed by atoms with E-state index in [-0.39, 0.29) is 6.61 Å². The van der Waals surface area contributed by atoms with Crippen LogP contribution in [0.15, 0.2) is 82.6 Å². The molecular formula is C25H29ClNO5PS. The first-order valence-electron chi connectivity index (χ1n) is 10.8. The van der Waals surface area contributed by atoms with Crippen molar-refractivity contribution < 1.29 is 23.6 Å². The molecule has 0 saturated heterocycles. The molecule has 0 bridgehead atoms. The van der Waals surface area contributed by atoms with Gasteiger partial charge in [-0.1, -0.05) is 65.8 Å². The summed E-state index contributed by atoms with van der Waals surface area (Å²) in [6.45, 7) is 2.01. The maximum Gasteiger partial charge on any atom is 0.469 e. The third-order valence-corrected chi connectivity index (χ3v) is 6.87. The third-order valence-electron chi connectivity index (χ3n) is 5.07. The number of nitrogens with two attached hydrogens (primary N) is 1. The molecule has 6 nitrogen and oxygen atoms in total. The molecule has 3 rings (SSSR count). The highest BCUT2D eigenvalue weighted by Crippen LogP contribution is 2.37. The zero-order valence-electron chi connectivity index (χ0n) is 18.9. The number of phosphoric ester groups is 1. The van der Waals surface area contributed by atoms with E-state index in [2.05, 4.69) is 4.52 Å². The van der Waals surface area contributed by atoms with Crippen LogP contribution >= 0.6 is 31.2 Å². The van der Waals surface area contributed by atoms with Gasteiger partial charge in [0, 0.05) is 20.4 Å². The number of hydrogen-bond acceptors (Lipinski definition) is 5. The van der Waals surface area contributed by atoms with E-state index in [0.717, 1.165) is 26.7 Å². The van der Waals surface area contributed by atoms with E-state index in [1.54, 1.807) is 18.7 Å². The predicted molar refractivity (Wildman–Crippen MR) is 136 cm³/mol. The molecule has 0 radical (unpaired) electrons. The molecule has 4 N–H and O–H groups in total. The second-order valence-electron chi connectivity index (χ2n) is 8.38. The lowest BCUT2D eigenvalue weighted by Crippen LogP contribution is -2.40. The number of phosphoric acid groups is 1. The van der Waals surface area contributed by atoms with Crippen molar-refractivity contribution in [3.05, 3.63) is 88.9 Å². The summed E-state index contributed by atoms with van der Waals surface area (Å²) in [7, 11) is -4.53. The Kier molecular flexibility index (Phi) is 9.63. The second-order valence-corrected chi connectivity index (χ2v) is 11.2. The second kappa shape index (κ2) is 12.2. The number of benzene rings is 3. The molecule has 0 aliphatic rings. The van der Waals surface area contributed by atoms with Crippen LogP contribution in [0.3, 0.4) is 0 Å². The Hall–Kier alpha value is -1.83. The van der Waals surface area contributed by atoms with Crippen LogP contribution in [-0.4, -0.2) is 21.9 Å². The largest absolute Gasteiger partial charge is 0.489 e. The fourth-order valence-corrected chi connectivity index (χ4v) is 4.99. The first-order chi connectivity index (χ1) is 16.1. The summed E-state index contributed by atoms with van der Waals surface area (Å²) in [6, 6.07) is 24.0. The highest BCUT2D eigenvalue weighted by molar-refractivity contribution is 7.99. The van der Waals surface area contributed by atoms with Gasteiger partial charge in [0.25, 0.3) is 0 Å². The van der Waals surface area contributed by atoms with Gasteiger partial charge in [0.15, 0.2) is 0 Å². The Morgan fingerprint density at radius 2 is 1.76 bits per heavy atom. The minimum absolute atomic E-state index is 0.214. The van der Waals surface area contributed by atoms with Crippen molar-refractivity contribution in [2.24, 2.45) is 5.73 Å². The highest BCUT2D eigenvalue weighted by atomic mass is 35.5. The highest BCUT2D eigenvalue weighted by Gasteiger charge is 2.24. The molecular weight excluding hydrogens is 493 g/mol. The van der Waals surface area contributed by atoms with Crippen LogP contribution in [0.4, 0.5) is 0 Å². The molecule has 0 aliphatic heterocycles. The molecule has 0 aliphatic carbocycles. The van der Waals surface area contributed by atoms with Crippen molar-refractivity contribution in [1.82, 2.24) is 0 Å². The van der Waals surface area contributed by atoms with Gasteiger partial charge in [0.1, 0.15) is 12.4 Å². The molecule has 3 aromatic carbocycles. The Labute approximate surface area is 209 Å². The van der Waals surface area contributed by atoms with Crippen molar-refractivity contribution in [1.29, 1.82) is 0 Å². The van der Waals surface area contributed by atoms with Gasteiger partial charge in [-0.05, 0) is 67.6 Å². The van der Waals surface area contributed by atoms with Crippen molar-refractivity contribution in [2.45, 2.75) is 48.1 Å². The average molecular weight is 522 g/mol. The van der Waals surface area contributed by atoms with Crippen LogP contribution in [0.5, 0.6) is 5.75 Å². The van der Waals surface area contributed by atoms with Crippen molar-refractivity contribution >= 4 is 31.2 Å². The van der Waals surface area contributed by atoms with Crippen molar-refractivity contribution in [3.63, 3.8) is 0 Å². The van der Waals surface area contributed by atoms with Gasteiger partial charge in [-0.15, -0.1) is 0 Å². The lowest BCUT2D eigenvalue weighted by molar-refractivity contribution is 0.153. The van der Waals surface area contributed by atoms with Crippen LogP contribution in [-0.2, 0) is 22.1 Å². The summed E-state index contributed by atoms with van der Waals surface area (Å²) in [4.78, 5) is 19.8. The molecule has 0 heterocycles. The molecule has 0 spiro atoms. The Morgan fingerprint density at radius 1 is 1.03 bits per heavy atom. The van der Waals surface area contributed by atoms with Gasteiger partial charge in [0.2, 0.25) is 0 Å². The maximum atomic E-state index is 10.9. The summed E-state index contributed by atoms with van der Waals surface area (Å²) < 4.78 is 21.3. The molecule has 0 saturated carbocycles. The molecule has 182 valence electrons. The Balaban J connectivity index is 1.52. The van der Waals surface area contributed by atoms with Crippen molar-refractivity contribution in [3.8, 4) is 5.75 Å². The fraction of sp³-hybridized carbons (Fsp3) is 0.280. The number of ether oxygens (including phenoxy) is 1. The third kappa shape index (κ3) is 9.43. The van der Waals surface area contributed by atoms with E-state index in [1.165, 1.54) is 0 Å². The minimum Gasteiger partial charge on any atom is -0.489 e. The molecule has 1 unspecified atom stereocenters. The number of halogens is 1. The number of aryl methyl sites for hydroxylation is 1. The van der Waals surface area contributed by atoms with E-state index < -0.39 is 13.4 Å². The van der Waals surface area contributed by atoms with Gasteiger partial charge in [-0.3, -0.25) is 4.52 Å². The normalized spacial score (nSPS) is 13.4. The fourth-order valence-electron chi connectivity index (χ4n) is 3.29. The predicted octanol–water partition coefficient (Wildman–Crippen LogP) is 6.22. The Bertz CT molecular complexity index is 1120. The molecule has 0 fully saturated rings. The molecule has 0 amide bonds. The van der Waals surface area contributed by atoms with E-state index >= 15 is 0 Å². The van der Waals surface area contributed by atoms with E-state index in [1.807, 2.05) is 72.8 Å². The van der Waals surface area contributed by atoms with Crippen LogP contribution in [0.2, 0.25) is 5.02 Å². The Morgan fingerprint density at radius 3 is 2.47 bits per heavy atom. The van der Waals surface area contributed by atoms with Gasteiger partial charge in [0.05, 0.1) is 6.61 Å². The minimum atomic E-state index is -4.53. The standard InChI is InChI=1S/C25H29ClNO5PS/c1-25(27,18-32-33(28,29)30)14-6-9-20-12-13-23(16-24(20)26)34-22-11-5-10-21(15-22)31-17-19-7-3-2-4-8-19/h2-5,7-8,10-13,15-16H,6,9,14,17-18,27H2,1H3,(H2,28,29,30). The van der Waals surface area contributed by atoms with Gasteiger partial charge < -0.3 is 20.3 Å². The monoisotopic (exact) mass is 521 g/mol.